The minimum atomic E-state index is -0.670. The van der Waals surface area contributed by atoms with Gasteiger partial charge in [0.05, 0.1) is 13.1 Å². The van der Waals surface area contributed by atoms with Crippen LogP contribution in [0.25, 0.3) is 0 Å². The Morgan fingerprint density at radius 2 is 1.78 bits per heavy atom. The van der Waals surface area contributed by atoms with Gasteiger partial charge in [0, 0.05) is 11.3 Å². The molecular formula is C21H23FN2O3. The van der Waals surface area contributed by atoms with Crippen molar-refractivity contribution in [3.05, 3.63) is 59.9 Å². The van der Waals surface area contributed by atoms with Crippen LogP contribution in [0.15, 0.2) is 48.5 Å². The lowest BCUT2D eigenvalue weighted by Crippen LogP contribution is -2.58. The first-order valence-corrected chi connectivity index (χ1v) is 8.86. The average molecular weight is 370 g/mol. The van der Waals surface area contributed by atoms with Gasteiger partial charge in [-0.3, -0.25) is 9.59 Å². The summed E-state index contributed by atoms with van der Waals surface area (Å²) >= 11 is 0. The second kappa shape index (κ2) is 7.39. The van der Waals surface area contributed by atoms with Crippen LogP contribution in [-0.2, 0) is 15.0 Å². The molecule has 1 saturated heterocycles. The highest BCUT2D eigenvalue weighted by Crippen LogP contribution is 2.33. The number of hydrogen-bond acceptors (Lipinski definition) is 3. The molecule has 2 aromatic rings. The normalized spacial score (nSPS) is 14.4. The lowest BCUT2D eigenvalue weighted by molar-refractivity contribution is -0.149. The van der Waals surface area contributed by atoms with E-state index < -0.39 is 11.8 Å². The lowest BCUT2D eigenvalue weighted by atomic mass is 9.86. The van der Waals surface area contributed by atoms with E-state index in [1.807, 2.05) is 26.8 Å². The summed E-state index contributed by atoms with van der Waals surface area (Å²) in [5.41, 5.74) is 1.08. The number of anilines is 1. The van der Waals surface area contributed by atoms with Gasteiger partial charge in [0.2, 0.25) is 0 Å². The second-order valence-corrected chi connectivity index (χ2v) is 7.66. The minimum Gasteiger partial charge on any atom is -0.486 e. The zero-order chi connectivity index (χ0) is 19.6. The largest absolute Gasteiger partial charge is 0.486 e. The smallest absolute Gasteiger partial charge is 0.313 e. The number of benzene rings is 2. The zero-order valence-electron chi connectivity index (χ0n) is 15.7. The maximum absolute atomic E-state index is 13.6. The maximum atomic E-state index is 13.6. The first-order chi connectivity index (χ1) is 12.7. The van der Waals surface area contributed by atoms with Crippen molar-refractivity contribution in [2.75, 3.05) is 18.4 Å². The number of para-hydroxylation sites is 1. The molecule has 1 heterocycles. The Balaban J connectivity index is 1.57. The fourth-order valence-electron chi connectivity index (χ4n) is 2.90. The molecule has 0 unspecified atom stereocenters. The number of likely N-dealkylation sites (tertiary alicyclic amines) is 1. The van der Waals surface area contributed by atoms with Gasteiger partial charge in [0.15, 0.2) is 0 Å². The molecule has 1 aliphatic rings. The Kier molecular flexibility index (Phi) is 5.17. The van der Waals surface area contributed by atoms with E-state index >= 15 is 0 Å². The maximum Gasteiger partial charge on any atom is 0.313 e. The topological polar surface area (TPSA) is 58.6 Å². The lowest BCUT2D eigenvalue weighted by Gasteiger charge is -2.39. The number of carbonyl (C=O) groups excluding carboxylic acids is 2. The number of ether oxygens (including phenoxy) is 1. The molecule has 27 heavy (non-hydrogen) atoms. The van der Waals surface area contributed by atoms with E-state index in [0.29, 0.717) is 24.5 Å². The molecule has 1 N–H and O–H groups in total. The van der Waals surface area contributed by atoms with Gasteiger partial charge in [-0.2, -0.15) is 0 Å². The molecule has 0 bridgehead atoms. The van der Waals surface area contributed by atoms with Gasteiger partial charge in [0.1, 0.15) is 17.7 Å². The molecule has 2 aromatic carbocycles. The van der Waals surface area contributed by atoms with Gasteiger partial charge in [0.25, 0.3) is 0 Å². The quantitative estimate of drug-likeness (QED) is 0.843. The van der Waals surface area contributed by atoms with Crippen LogP contribution in [0.5, 0.6) is 5.75 Å². The molecule has 142 valence electrons. The molecule has 1 fully saturated rings. The second-order valence-electron chi connectivity index (χ2n) is 7.66. The number of halogens is 1. The number of hydrogen-bond donors (Lipinski definition) is 1. The average Bonchev–Trinajstić information content (AvgIpc) is 2.58. The Morgan fingerprint density at radius 3 is 2.41 bits per heavy atom. The summed E-state index contributed by atoms with van der Waals surface area (Å²) < 4.78 is 19.5. The van der Waals surface area contributed by atoms with Crippen LogP contribution >= 0.6 is 0 Å². The highest BCUT2D eigenvalue weighted by Gasteiger charge is 2.36. The summed E-state index contributed by atoms with van der Waals surface area (Å²) in [5, 5.41) is 2.58. The molecule has 2 amide bonds. The van der Waals surface area contributed by atoms with E-state index in [0.717, 1.165) is 5.56 Å². The van der Waals surface area contributed by atoms with Gasteiger partial charge < -0.3 is 15.0 Å². The number of nitrogens with one attached hydrogen (secondary N) is 1. The standard InChI is InChI=1S/C21H23FN2O3/c1-21(2,3)17-11-14(22)9-10-18(17)27-16-12-24(13-16)20(26)19(25)23-15-7-5-4-6-8-15/h4-11,16H,12-13H2,1-3H3,(H,23,25). The van der Waals surface area contributed by atoms with Crippen LogP contribution in [0, 0.1) is 5.82 Å². The van der Waals surface area contributed by atoms with E-state index in [4.69, 9.17) is 4.74 Å². The van der Waals surface area contributed by atoms with Crippen LogP contribution in [0.1, 0.15) is 26.3 Å². The van der Waals surface area contributed by atoms with E-state index in [2.05, 4.69) is 5.32 Å². The summed E-state index contributed by atoms with van der Waals surface area (Å²) in [7, 11) is 0. The number of amides is 2. The third-order valence-corrected chi connectivity index (χ3v) is 4.40. The molecule has 3 rings (SSSR count). The summed E-state index contributed by atoms with van der Waals surface area (Å²) in [6, 6.07) is 13.3. The van der Waals surface area contributed by atoms with Crippen molar-refractivity contribution in [2.45, 2.75) is 32.3 Å². The fraction of sp³-hybridized carbons (Fsp3) is 0.333. The highest BCUT2D eigenvalue weighted by atomic mass is 19.1. The first-order valence-electron chi connectivity index (χ1n) is 8.86. The summed E-state index contributed by atoms with van der Waals surface area (Å²) in [6.45, 7) is 6.60. The van der Waals surface area contributed by atoms with Gasteiger partial charge in [-0.15, -0.1) is 0 Å². The van der Waals surface area contributed by atoms with E-state index in [-0.39, 0.29) is 17.3 Å². The minimum absolute atomic E-state index is 0.218. The van der Waals surface area contributed by atoms with Crippen molar-refractivity contribution >= 4 is 17.5 Å². The number of nitrogens with zero attached hydrogens (tertiary/aromatic N) is 1. The molecule has 0 saturated carbocycles. The molecule has 5 nitrogen and oxygen atoms in total. The molecule has 0 atom stereocenters. The van der Waals surface area contributed by atoms with Crippen molar-refractivity contribution < 1.29 is 18.7 Å². The highest BCUT2D eigenvalue weighted by molar-refractivity contribution is 6.39. The molecule has 0 aromatic heterocycles. The van der Waals surface area contributed by atoms with Gasteiger partial charge in [-0.25, -0.2) is 4.39 Å². The Morgan fingerprint density at radius 1 is 1.11 bits per heavy atom. The summed E-state index contributed by atoms with van der Waals surface area (Å²) in [5.74, 6) is -0.962. The van der Waals surface area contributed by atoms with Crippen molar-refractivity contribution in [3.63, 3.8) is 0 Å². The first kappa shape index (κ1) is 18.9. The van der Waals surface area contributed by atoms with E-state index in [1.54, 1.807) is 30.3 Å². The Bertz CT molecular complexity index is 840. The number of rotatable bonds is 3. The Labute approximate surface area is 158 Å². The fourth-order valence-corrected chi connectivity index (χ4v) is 2.90. The van der Waals surface area contributed by atoms with Crippen LogP contribution in [0.4, 0.5) is 10.1 Å². The Hall–Kier alpha value is -2.89. The van der Waals surface area contributed by atoms with Crippen LogP contribution < -0.4 is 10.1 Å². The van der Waals surface area contributed by atoms with Crippen molar-refractivity contribution in [1.29, 1.82) is 0 Å². The molecule has 6 heteroatoms. The third kappa shape index (κ3) is 4.45. The monoisotopic (exact) mass is 370 g/mol. The number of carbonyl (C=O) groups is 2. The van der Waals surface area contributed by atoms with Crippen molar-refractivity contribution in [1.82, 2.24) is 4.90 Å². The van der Waals surface area contributed by atoms with Crippen LogP contribution in [-0.4, -0.2) is 35.9 Å². The van der Waals surface area contributed by atoms with Crippen LogP contribution in [0.3, 0.4) is 0 Å². The van der Waals surface area contributed by atoms with E-state index in [9.17, 15) is 14.0 Å². The van der Waals surface area contributed by atoms with Gasteiger partial charge in [-0.1, -0.05) is 39.0 Å². The van der Waals surface area contributed by atoms with Crippen molar-refractivity contribution in [2.24, 2.45) is 0 Å². The molecule has 1 aliphatic heterocycles. The molecular weight excluding hydrogens is 347 g/mol. The SMILES string of the molecule is CC(C)(C)c1cc(F)ccc1OC1CN(C(=O)C(=O)Nc2ccccc2)C1. The van der Waals surface area contributed by atoms with E-state index in [1.165, 1.54) is 17.0 Å². The van der Waals surface area contributed by atoms with Crippen LogP contribution in [0.2, 0.25) is 0 Å². The molecule has 0 spiro atoms. The zero-order valence-corrected chi connectivity index (χ0v) is 15.7. The molecule has 0 radical (unpaired) electrons. The predicted molar refractivity (Wildman–Crippen MR) is 101 cm³/mol. The summed E-state index contributed by atoms with van der Waals surface area (Å²) in [6.07, 6.45) is -0.218. The third-order valence-electron chi connectivity index (χ3n) is 4.40. The van der Waals surface area contributed by atoms with Gasteiger partial charge in [-0.05, 0) is 35.7 Å². The summed E-state index contributed by atoms with van der Waals surface area (Å²) in [4.78, 5) is 25.7. The predicted octanol–water partition coefficient (Wildman–Crippen LogP) is 3.35. The molecule has 0 aliphatic carbocycles. The van der Waals surface area contributed by atoms with Crippen molar-refractivity contribution in [3.8, 4) is 5.75 Å². The van der Waals surface area contributed by atoms with Gasteiger partial charge >= 0.3 is 11.8 Å².